The van der Waals surface area contributed by atoms with E-state index in [1.807, 2.05) is 29.8 Å². The van der Waals surface area contributed by atoms with Crippen molar-refractivity contribution in [3.63, 3.8) is 0 Å². The van der Waals surface area contributed by atoms with Gasteiger partial charge in [0.25, 0.3) is 0 Å². The number of benzene rings is 1. The predicted molar refractivity (Wildman–Crippen MR) is 80.9 cm³/mol. The van der Waals surface area contributed by atoms with E-state index in [1.54, 1.807) is 0 Å². The molecule has 0 fully saturated rings. The lowest BCUT2D eigenvalue weighted by Gasteiger charge is -2.12. The van der Waals surface area contributed by atoms with Gasteiger partial charge in [0.15, 0.2) is 0 Å². The first-order valence-corrected chi connectivity index (χ1v) is 7.42. The van der Waals surface area contributed by atoms with Crippen molar-refractivity contribution in [3.05, 3.63) is 35.5 Å². The molecule has 1 aliphatic rings. The number of para-hydroxylation sites is 2. The number of hydrogen-bond donors (Lipinski definition) is 1. The number of aryl methyl sites for hydroxylation is 1. The van der Waals surface area contributed by atoms with Crippen LogP contribution in [0.25, 0.3) is 5.69 Å². The van der Waals surface area contributed by atoms with Gasteiger partial charge < -0.3 is 10.1 Å². The van der Waals surface area contributed by atoms with Gasteiger partial charge in [0, 0.05) is 12.1 Å². The summed E-state index contributed by atoms with van der Waals surface area (Å²) in [6, 6.07) is 8.09. The molecule has 1 aliphatic heterocycles. The summed E-state index contributed by atoms with van der Waals surface area (Å²) in [4.78, 5) is 0. The summed E-state index contributed by atoms with van der Waals surface area (Å²) < 4.78 is 7.74. The molecule has 1 N–H and O–H groups in total. The van der Waals surface area contributed by atoms with Crippen molar-refractivity contribution in [1.29, 1.82) is 0 Å². The lowest BCUT2D eigenvalue weighted by atomic mass is 10.1. The van der Waals surface area contributed by atoms with Crippen LogP contribution in [0.1, 0.15) is 31.5 Å². The molecular weight excluding hydrogens is 250 g/mol. The lowest BCUT2D eigenvalue weighted by Crippen LogP contribution is -2.07. The first kappa shape index (κ1) is 13.0. The molecule has 0 unspecified atom stereocenters. The van der Waals surface area contributed by atoms with Crippen molar-refractivity contribution in [1.82, 2.24) is 9.78 Å². The summed E-state index contributed by atoms with van der Waals surface area (Å²) in [5, 5.41) is 8.27. The Kier molecular flexibility index (Phi) is 3.63. The second kappa shape index (κ2) is 5.57. The van der Waals surface area contributed by atoms with E-state index in [0.29, 0.717) is 6.61 Å². The highest BCUT2D eigenvalue weighted by Gasteiger charge is 2.23. The summed E-state index contributed by atoms with van der Waals surface area (Å²) in [5.74, 6) is 2.03. The van der Waals surface area contributed by atoms with Gasteiger partial charge >= 0.3 is 0 Å². The largest absolute Gasteiger partial charge is 0.492 e. The van der Waals surface area contributed by atoms with Gasteiger partial charge in [-0.1, -0.05) is 25.5 Å². The minimum absolute atomic E-state index is 0.662. The van der Waals surface area contributed by atoms with Crippen molar-refractivity contribution in [2.75, 3.05) is 18.5 Å². The van der Waals surface area contributed by atoms with E-state index < -0.39 is 0 Å². The van der Waals surface area contributed by atoms with Gasteiger partial charge in [-0.2, -0.15) is 5.10 Å². The van der Waals surface area contributed by atoms with E-state index >= 15 is 0 Å². The van der Waals surface area contributed by atoms with Crippen LogP contribution in [-0.2, 0) is 12.8 Å². The number of fused-ring (bicyclic) bond motifs is 1. The molecule has 0 saturated heterocycles. The Hall–Kier alpha value is -1.97. The van der Waals surface area contributed by atoms with Crippen LogP contribution in [0.4, 0.5) is 5.82 Å². The van der Waals surface area contributed by atoms with Gasteiger partial charge in [-0.3, -0.25) is 0 Å². The van der Waals surface area contributed by atoms with Gasteiger partial charge in [0.05, 0.1) is 12.3 Å². The fourth-order valence-electron chi connectivity index (χ4n) is 2.77. The molecule has 0 bridgehead atoms. The summed E-state index contributed by atoms with van der Waals surface area (Å²) in [7, 11) is 0. The molecule has 1 aromatic heterocycles. The molecule has 0 saturated carbocycles. The third-order valence-corrected chi connectivity index (χ3v) is 3.61. The van der Waals surface area contributed by atoms with Crippen molar-refractivity contribution in [2.45, 2.75) is 33.1 Å². The van der Waals surface area contributed by atoms with Gasteiger partial charge in [0.1, 0.15) is 17.3 Å². The number of rotatable bonds is 5. The molecule has 0 atom stereocenters. The normalized spacial score (nSPS) is 13.1. The van der Waals surface area contributed by atoms with E-state index in [-0.39, 0.29) is 0 Å². The third-order valence-electron chi connectivity index (χ3n) is 3.61. The minimum Gasteiger partial charge on any atom is -0.492 e. The number of nitrogens with zero attached hydrogens (tertiary/aromatic N) is 2. The van der Waals surface area contributed by atoms with E-state index in [9.17, 15) is 0 Å². The minimum atomic E-state index is 0.662. The van der Waals surface area contributed by atoms with Gasteiger partial charge in [-0.05, 0) is 31.9 Å². The Morgan fingerprint density at radius 1 is 1.30 bits per heavy atom. The molecule has 2 heterocycles. The fourth-order valence-corrected chi connectivity index (χ4v) is 2.77. The quantitative estimate of drug-likeness (QED) is 0.907. The van der Waals surface area contributed by atoms with Crippen LogP contribution in [0.15, 0.2) is 24.3 Å². The van der Waals surface area contributed by atoms with Gasteiger partial charge in [-0.25, -0.2) is 4.68 Å². The van der Waals surface area contributed by atoms with E-state index in [0.717, 1.165) is 43.1 Å². The predicted octanol–water partition coefficient (Wildman–Crippen LogP) is 3.19. The maximum absolute atomic E-state index is 5.73. The second-order valence-electron chi connectivity index (χ2n) is 5.01. The number of ether oxygens (including phenoxy) is 1. The molecule has 4 heteroatoms. The number of hydrogen-bond acceptors (Lipinski definition) is 3. The fraction of sp³-hybridized carbons (Fsp3) is 0.438. The zero-order chi connectivity index (χ0) is 13.9. The standard InChI is InChI=1S/C16H21N3O/c1-3-7-13-12-10-11-17-16(12)19(18-13)14-8-5-6-9-15(14)20-4-2/h5-6,8-9,17H,3-4,7,10-11H2,1-2H3. The Balaban J connectivity index is 2.09. The Morgan fingerprint density at radius 3 is 2.95 bits per heavy atom. The summed E-state index contributed by atoms with van der Waals surface area (Å²) in [6.45, 7) is 5.86. The van der Waals surface area contributed by atoms with Crippen molar-refractivity contribution in [2.24, 2.45) is 0 Å². The molecule has 20 heavy (non-hydrogen) atoms. The average molecular weight is 271 g/mol. The molecule has 0 amide bonds. The zero-order valence-electron chi connectivity index (χ0n) is 12.1. The molecule has 2 aromatic rings. The summed E-state index contributed by atoms with van der Waals surface area (Å²) in [6.07, 6.45) is 3.23. The lowest BCUT2D eigenvalue weighted by molar-refractivity contribution is 0.338. The molecular formula is C16H21N3O. The SMILES string of the molecule is CCCc1nn(-c2ccccc2OCC)c2c1CCN2. The van der Waals surface area contributed by atoms with Crippen molar-refractivity contribution < 1.29 is 4.74 Å². The van der Waals surface area contributed by atoms with Crippen molar-refractivity contribution in [3.8, 4) is 11.4 Å². The zero-order valence-corrected chi connectivity index (χ0v) is 12.1. The molecule has 0 radical (unpaired) electrons. The Labute approximate surface area is 119 Å². The molecule has 4 nitrogen and oxygen atoms in total. The number of anilines is 1. The molecule has 3 rings (SSSR count). The van der Waals surface area contributed by atoms with Gasteiger partial charge in [0.2, 0.25) is 0 Å². The average Bonchev–Trinajstić information content (AvgIpc) is 3.04. The van der Waals surface area contributed by atoms with Crippen LogP contribution < -0.4 is 10.1 Å². The molecule has 0 aliphatic carbocycles. The summed E-state index contributed by atoms with van der Waals surface area (Å²) >= 11 is 0. The molecule has 0 spiro atoms. The highest BCUT2D eigenvalue weighted by Crippen LogP contribution is 2.32. The Morgan fingerprint density at radius 2 is 2.15 bits per heavy atom. The van der Waals surface area contributed by atoms with E-state index in [4.69, 9.17) is 9.84 Å². The van der Waals surface area contributed by atoms with Crippen LogP contribution in [0.5, 0.6) is 5.75 Å². The van der Waals surface area contributed by atoms with Crippen molar-refractivity contribution >= 4 is 5.82 Å². The Bertz CT molecular complexity index is 604. The van der Waals surface area contributed by atoms with Crippen LogP contribution in [-0.4, -0.2) is 22.9 Å². The van der Waals surface area contributed by atoms with Crippen LogP contribution in [0, 0.1) is 0 Å². The molecule has 106 valence electrons. The number of aromatic nitrogens is 2. The first-order chi connectivity index (χ1) is 9.85. The maximum atomic E-state index is 5.73. The topological polar surface area (TPSA) is 39.1 Å². The third kappa shape index (κ3) is 2.15. The number of nitrogens with one attached hydrogen (secondary N) is 1. The second-order valence-corrected chi connectivity index (χ2v) is 5.01. The first-order valence-electron chi connectivity index (χ1n) is 7.42. The van der Waals surface area contributed by atoms with Crippen LogP contribution in [0.3, 0.4) is 0 Å². The van der Waals surface area contributed by atoms with E-state index in [1.165, 1.54) is 11.3 Å². The van der Waals surface area contributed by atoms with Crippen LogP contribution >= 0.6 is 0 Å². The highest BCUT2D eigenvalue weighted by atomic mass is 16.5. The van der Waals surface area contributed by atoms with E-state index in [2.05, 4.69) is 18.3 Å². The maximum Gasteiger partial charge on any atom is 0.145 e. The smallest absolute Gasteiger partial charge is 0.145 e. The molecule has 1 aromatic carbocycles. The highest BCUT2D eigenvalue weighted by molar-refractivity contribution is 5.60. The summed E-state index contributed by atoms with van der Waals surface area (Å²) in [5.41, 5.74) is 3.61. The monoisotopic (exact) mass is 271 g/mol. The van der Waals surface area contributed by atoms with Crippen LogP contribution in [0.2, 0.25) is 0 Å². The van der Waals surface area contributed by atoms with Gasteiger partial charge in [-0.15, -0.1) is 0 Å².